The lowest BCUT2D eigenvalue weighted by Crippen LogP contribution is -2.38. The van der Waals surface area contributed by atoms with Gasteiger partial charge in [0.1, 0.15) is 0 Å². The largest absolute Gasteiger partial charge is 0.327 e. The Morgan fingerprint density at radius 3 is 2.74 bits per heavy atom. The average Bonchev–Trinajstić information content (AvgIpc) is 2.87. The first-order chi connectivity index (χ1) is 10.5. The predicted molar refractivity (Wildman–Crippen MR) is 97.0 cm³/mol. The van der Waals surface area contributed by atoms with Gasteiger partial charge in [-0.15, -0.1) is 12.4 Å². The van der Waals surface area contributed by atoms with E-state index in [4.69, 9.17) is 5.73 Å². The van der Waals surface area contributed by atoms with Crippen LogP contribution in [0, 0.1) is 25.7 Å². The van der Waals surface area contributed by atoms with Gasteiger partial charge in [-0.1, -0.05) is 12.5 Å². The van der Waals surface area contributed by atoms with Gasteiger partial charge in [0.15, 0.2) is 0 Å². The summed E-state index contributed by atoms with van der Waals surface area (Å²) in [6, 6.07) is 6.38. The summed E-state index contributed by atoms with van der Waals surface area (Å²) >= 11 is 0. The molecule has 3 rings (SSSR count). The number of nitrogens with one attached hydrogen (secondary N) is 1. The summed E-state index contributed by atoms with van der Waals surface area (Å²) in [7, 11) is 0. The molecule has 1 saturated carbocycles. The minimum atomic E-state index is 0. The van der Waals surface area contributed by atoms with Crippen molar-refractivity contribution in [1.82, 2.24) is 4.90 Å². The van der Waals surface area contributed by atoms with Crippen LogP contribution in [0.1, 0.15) is 30.4 Å². The quantitative estimate of drug-likeness (QED) is 0.891. The zero-order valence-electron chi connectivity index (χ0n) is 14.0. The van der Waals surface area contributed by atoms with Crippen LogP contribution in [0.25, 0.3) is 0 Å². The Morgan fingerprint density at radius 2 is 2.04 bits per heavy atom. The van der Waals surface area contributed by atoms with Crippen molar-refractivity contribution in [2.45, 2.75) is 39.2 Å². The molecule has 1 aromatic carbocycles. The number of hydrogen-bond acceptors (Lipinski definition) is 3. The van der Waals surface area contributed by atoms with Gasteiger partial charge in [-0.05, 0) is 61.8 Å². The third-order valence-corrected chi connectivity index (χ3v) is 5.39. The molecule has 1 heterocycles. The molecule has 0 radical (unpaired) electrons. The van der Waals surface area contributed by atoms with Crippen LogP contribution in [0.15, 0.2) is 18.2 Å². The second kappa shape index (κ2) is 7.65. The molecule has 3 unspecified atom stereocenters. The summed E-state index contributed by atoms with van der Waals surface area (Å²) in [6.07, 6.45) is 3.66. The molecule has 23 heavy (non-hydrogen) atoms. The molecule has 3 atom stereocenters. The van der Waals surface area contributed by atoms with Gasteiger partial charge >= 0.3 is 0 Å². The van der Waals surface area contributed by atoms with Crippen LogP contribution >= 0.6 is 12.4 Å². The van der Waals surface area contributed by atoms with Crippen LogP contribution in [0.4, 0.5) is 5.69 Å². The number of aryl methyl sites for hydroxylation is 2. The van der Waals surface area contributed by atoms with Crippen molar-refractivity contribution in [3.8, 4) is 0 Å². The second-order valence-electron chi connectivity index (χ2n) is 7.06. The van der Waals surface area contributed by atoms with Crippen molar-refractivity contribution in [2.24, 2.45) is 17.6 Å². The van der Waals surface area contributed by atoms with E-state index in [1.54, 1.807) is 0 Å². The van der Waals surface area contributed by atoms with Gasteiger partial charge in [0.25, 0.3) is 0 Å². The third-order valence-electron chi connectivity index (χ3n) is 5.39. The lowest BCUT2D eigenvalue weighted by atomic mass is 9.78. The Hall–Kier alpha value is -1.10. The summed E-state index contributed by atoms with van der Waals surface area (Å²) in [5, 5.41) is 3.02. The van der Waals surface area contributed by atoms with Crippen molar-refractivity contribution in [1.29, 1.82) is 0 Å². The summed E-state index contributed by atoms with van der Waals surface area (Å²) in [6.45, 7) is 6.63. The zero-order chi connectivity index (χ0) is 15.7. The molecule has 1 aromatic rings. The van der Waals surface area contributed by atoms with Crippen LogP contribution in [-0.2, 0) is 4.79 Å². The van der Waals surface area contributed by atoms with E-state index in [-0.39, 0.29) is 18.3 Å². The number of anilines is 1. The number of halogens is 1. The van der Waals surface area contributed by atoms with Gasteiger partial charge in [-0.3, -0.25) is 9.69 Å². The molecular formula is C18H28ClN3O. The van der Waals surface area contributed by atoms with E-state index in [0.717, 1.165) is 25.2 Å². The molecule has 1 aliphatic carbocycles. The number of hydrogen-bond donors (Lipinski definition) is 2. The summed E-state index contributed by atoms with van der Waals surface area (Å²) in [5.74, 6) is 1.36. The number of fused-ring (bicyclic) bond motifs is 1. The van der Waals surface area contributed by atoms with Crippen molar-refractivity contribution in [3.05, 3.63) is 29.3 Å². The van der Waals surface area contributed by atoms with Crippen LogP contribution < -0.4 is 11.1 Å². The molecule has 1 saturated heterocycles. The molecule has 0 spiro atoms. The Morgan fingerprint density at radius 1 is 1.26 bits per heavy atom. The first-order valence-electron chi connectivity index (χ1n) is 8.38. The Bertz CT molecular complexity index is 563. The standard InChI is InChI=1S/C18H27N3O.ClH/c1-12-6-7-15(8-13(12)2)20-18(22)11-21-9-14-4-3-5-17(19)16(14)10-21;/h6-8,14,16-17H,3-5,9-11,19H2,1-2H3,(H,20,22);1H. The molecule has 3 N–H and O–H groups in total. The summed E-state index contributed by atoms with van der Waals surface area (Å²) < 4.78 is 0. The molecule has 0 aromatic heterocycles. The van der Waals surface area contributed by atoms with E-state index in [1.165, 1.54) is 24.0 Å². The molecule has 2 fully saturated rings. The highest BCUT2D eigenvalue weighted by Crippen LogP contribution is 2.35. The fourth-order valence-electron chi connectivity index (χ4n) is 3.96. The summed E-state index contributed by atoms with van der Waals surface area (Å²) in [5.41, 5.74) is 9.58. The van der Waals surface area contributed by atoms with Crippen LogP contribution in [0.3, 0.4) is 0 Å². The lowest BCUT2D eigenvalue weighted by Gasteiger charge is -2.29. The molecule has 2 aliphatic rings. The zero-order valence-corrected chi connectivity index (χ0v) is 14.9. The van der Waals surface area contributed by atoms with Crippen molar-refractivity contribution >= 4 is 24.0 Å². The number of carbonyl (C=O) groups excluding carboxylic acids is 1. The highest BCUT2D eigenvalue weighted by molar-refractivity contribution is 5.92. The summed E-state index contributed by atoms with van der Waals surface area (Å²) in [4.78, 5) is 14.5. The monoisotopic (exact) mass is 337 g/mol. The Labute approximate surface area is 145 Å². The third kappa shape index (κ3) is 4.25. The first-order valence-corrected chi connectivity index (χ1v) is 8.38. The maximum absolute atomic E-state index is 12.3. The Kier molecular flexibility index (Phi) is 6.06. The number of nitrogens with zero attached hydrogens (tertiary/aromatic N) is 1. The highest BCUT2D eigenvalue weighted by Gasteiger charge is 2.38. The van der Waals surface area contributed by atoms with E-state index >= 15 is 0 Å². The van der Waals surface area contributed by atoms with Gasteiger partial charge in [0.05, 0.1) is 6.54 Å². The average molecular weight is 338 g/mol. The van der Waals surface area contributed by atoms with Crippen LogP contribution in [0.2, 0.25) is 0 Å². The molecule has 4 nitrogen and oxygen atoms in total. The Balaban J connectivity index is 0.00000192. The van der Waals surface area contributed by atoms with Gasteiger partial charge in [0, 0.05) is 24.8 Å². The number of likely N-dealkylation sites (tertiary alicyclic amines) is 1. The van der Waals surface area contributed by atoms with Crippen molar-refractivity contribution in [3.63, 3.8) is 0 Å². The van der Waals surface area contributed by atoms with E-state index in [1.807, 2.05) is 18.2 Å². The maximum atomic E-state index is 12.3. The van der Waals surface area contributed by atoms with Crippen LogP contribution in [0.5, 0.6) is 0 Å². The van der Waals surface area contributed by atoms with E-state index in [9.17, 15) is 4.79 Å². The SMILES string of the molecule is Cc1ccc(NC(=O)CN2CC3CCCC(N)C3C2)cc1C.Cl. The van der Waals surface area contributed by atoms with E-state index < -0.39 is 0 Å². The lowest BCUT2D eigenvalue weighted by molar-refractivity contribution is -0.117. The minimum absolute atomic E-state index is 0. The second-order valence-corrected chi connectivity index (χ2v) is 7.06. The molecule has 128 valence electrons. The number of benzene rings is 1. The van der Waals surface area contributed by atoms with Crippen LogP contribution in [-0.4, -0.2) is 36.5 Å². The van der Waals surface area contributed by atoms with Crippen molar-refractivity contribution < 1.29 is 4.79 Å². The normalized spacial score (nSPS) is 27.2. The minimum Gasteiger partial charge on any atom is -0.327 e. The molecule has 1 aliphatic heterocycles. The van der Waals surface area contributed by atoms with Gasteiger partial charge < -0.3 is 11.1 Å². The van der Waals surface area contributed by atoms with Gasteiger partial charge in [0.2, 0.25) is 5.91 Å². The molecular weight excluding hydrogens is 310 g/mol. The molecule has 0 bridgehead atoms. The van der Waals surface area contributed by atoms with Crippen molar-refractivity contribution in [2.75, 3.05) is 25.0 Å². The topological polar surface area (TPSA) is 58.4 Å². The van der Waals surface area contributed by atoms with Gasteiger partial charge in [-0.2, -0.15) is 0 Å². The molecule has 1 amide bonds. The molecule has 5 heteroatoms. The highest BCUT2D eigenvalue weighted by atomic mass is 35.5. The smallest absolute Gasteiger partial charge is 0.238 e. The first kappa shape index (κ1) is 18.2. The number of carbonyl (C=O) groups is 1. The number of rotatable bonds is 3. The maximum Gasteiger partial charge on any atom is 0.238 e. The number of nitrogens with two attached hydrogens (primary N) is 1. The van der Waals surface area contributed by atoms with Gasteiger partial charge in [-0.25, -0.2) is 0 Å². The fourth-order valence-corrected chi connectivity index (χ4v) is 3.96. The predicted octanol–water partition coefficient (Wildman–Crippen LogP) is 2.72. The van der Waals surface area contributed by atoms with E-state index in [0.29, 0.717) is 24.4 Å². The van der Waals surface area contributed by atoms with E-state index in [2.05, 4.69) is 24.1 Å². The fraction of sp³-hybridized carbons (Fsp3) is 0.611. The number of amides is 1.